The molecule has 0 aromatic carbocycles. The van der Waals surface area contributed by atoms with Crippen LogP contribution in [-0.4, -0.2) is 22.7 Å². The van der Waals surface area contributed by atoms with Gasteiger partial charge in [0.15, 0.2) is 0 Å². The van der Waals surface area contributed by atoms with Crippen LogP contribution in [0, 0.1) is 0 Å². The first kappa shape index (κ1) is 10.3. The van der Waals surface area contributed by atoms with Gasteiger partial charge in [0.2, 0.25) is 0 Å². The molecule has 0 aromatic heterocycles. The summed E-state index contributed by atoms with van der Waals surface area (Å²) in [6.45, 7) is 0. The molecule has 12 heavy (non-hydrogen) atoms. The molecule has 0 saturated heterocycles. The molecule has 3 N–H and O–H groups in total. The fraction of sp³-hybridized carbons (Fsp3) is 0.833. The molecule has 0 bridgehead atoms. The Morgan fingerprint density at radius 2 is 2.50 bits per heavy atom. The molecule has 6 heteroatoms. The molecule has 4 atom stereocenters. The van der Waals surface area contributed by atoms with Crippen LogP contribution in [0.4, 0.5) is 0 Å². The van der Waals surface area contributed by atoms with Crippen molar-refractivity contribution in [3.63, 3.8) is 0 Å². The molecule has 1 aliphatic rings. The van der Waals surface area contributed by atoms with Crippen LogP contribution in [-0.2, 0) is 9.32 Å². The minimum atomic E-state index is -0.941. The molecular formula is C6H13NO3P2. The third-order valence-corrected chi connectivity index (χ3v) is 2.74. The van der Waals surface area contributed by atoms with Gasteiger partial charge in [0.1, 0.15) is 5.54 Å². The minimum Gasteiger partial charge on any atom is -0.443 e. The van der Waals surface area contributed by atoms with E-state index in [0.717, 1.165) is 0 Å². The van der Waals surface area contributed by atoms with Crippen LogP contribution < -0.4 is 5.73 Å². The zero-order chi connectivity index (χ0) is 9.19. The highest BCUT2D eigenvalue weighted by Crippen LogP contribution is 2.32. The summed E-state index contributed by atoms with van der Waals surface area (Å²) in [7, 11) is 2.36. The zero-order valence-electron chi connectivity index (χ0n) is 6.62. The summed E-state index contributed by atoms with van der Waals surface area (Å²) in [6, 6.07) is 0. The summed E-state index contributed by atoms with van der Waals surface area (Å²) >= 11 is 0. The molecule has 0 aromatic rings. The van der Waals surface area contributed by atoms with Crippen LogP contribution in [0.25, 0.3) is 0 Å². The van der Waals surface area contributed by atoms with Gasteiger partial charge in [-0.25, -0.2) is 4.79 Å². The maximum atomic E-state index is 11.2. The Morgan fingerprint density at radius 1 is 1.83 bits per heavy atom. The highest BCUT2D eigenvalue weighted by molar-refractivity contribution is 8.00. The molecule has 4 nitrogen and oxygen atoms in total. The quantitative estimate of drug-likeness (QED) is 0.635. The summed E-state index contributed by atoms with van der Waals surface area (Å²) in [4.78, 5) is 11.2. The summed E-state index contributed by atoms with van der Waals surface area (Å²) in [5.74, 6) is -0.396. The van der Waals surface area contributed by atoms with Gasteiger partial charge in [0.05, 0.1) is 14.6 Å². The van der Waals surface area contributed by atoms with E-state index in [-0.39, 0.29) is 8.50 Å². The first-order valence-corrected chi connectivity index (χ1v) is 6.44. The van der Waals surface area contributed by atoms with Gasteiger partial charge < -0.3 is 15.4 Å². The van der Waals surface area contributed by atoms with Crippen molar-refractivity contribution >= 4 is 23.4 Å². The molecule has 0 spiro atoms. The third-order valence-electron chi connectivity index (χ3n) is 2.08. The van der Waals surface area contributed by atoms with Gasteiger partial charge in [-0.1, -0.05) is 8.93 Å². The topological polar surface area (TPSA) is 72.6 Å². The van der Waals surface area contributed by atoms with Crippen molar-refractivity contribution < 1.29 is 14.4 Å². The molecule has 0 aliphatic heterocycles. The van der Waals surface area contributed by atoms with Crippen LogP contribution in [0.2, 0.25) is 0 Å². The summed E-state index contributed by atoms with van der Waals surface area (Å²) in [5, 5.41) is 9.19. The predicted octanol–water partition coefficient (Wildman–Crippen LogP) is 0.155. The van der Waals surface area contributed by atoms with Crippen LogP contribution in [0.1, 0.15) is 19.3 Å². The van der Waals surface area contributed by atoms with Crippen LogP contribution >= 0.6 is 17.4 Å². The normalized spacial score (nSPS) is 36.1. The number of carbonyl (C=O) groups excluding carboxylic acids is 1. The van der Waals surface area contributed by atoms with Crippen molar-refractivity contribution in [2.75, 3.05) is 0 Å². The van der Waals surface area contributed by atoms with Crippen molar-refractivity contribution in [2.24, 2.45) is 5.73 Å². The highest BCUT2D eigenvalue weighted by atomic mass is 32.0. The van der Waals surface area contributed by atoms with Gasteiger partial charge in [-0.05, 0) is 12.8 Å². The van der Waals surface area contributed by atoms with Gasteiger partial charge in [0, 0.05) is 6.42 Å². The van der Waals surface area contributed by atoms with Crippen LogP contribution in [0.15, 0.2) is 0 Å². The lowest BCUT2D eigenvalue weighted by Gasteiger charge is -2.20. The van der Waals surface area contributed by atoms with Gasteiger partial charge in [0.25, 0.3) is 0 Å². The Kier molecular flexibility index (Phi) is 3.42. The summed E-state index contributed by atoms with van der Waals surface area (Å²) < 4.78 is 4.79. The number of nitrogens with two attached hydrogens (primary N) is 1. The number of aliphatic hydroxyl groups is 1. The molecule has 1 saturated carbocycles. The maximum absolute atomic E-state index is 11.2. The lowest BCUT2D eigenvalue weighted by atomic mass is 10.00. The van der Waals surface area contributed by atoms with Crippen LogP contribution in [0.5, 0.6) is 0 Å². The van der Waals surface area contributed by atoms with E-state index in [4.69, 9.17) is 10.3 Å². The highest BCUT2D eigenvalue weighted by Gasteiger charge is 2.42. The minimum absolute atomic E-state index is 0.0431. The van der Waals surface area contributed by atoms with Crippen LogP contribution in [0.3, 0.4) is 0 Å². The molecule has 0 amide bonds. The van der Waals surface area contributed by atoms with E-state index in [9.17, 15) is 9.90 Å². The Bertz CT molecular complexity index is 190. The molecule has 70 valence electrons. The van der Waals surface area contributed by atoms with Gasteiger partial charge in [-0.2, -0.15) is 0 Å². The standard InChI is InChI=1S/C6H13NO3P2/c7-6(5(9)10-12-11)2-1-4(8)3-6/h4,8,12H,1-3,7,11H2. The average molecular weight is 209 g/mol. The average Bonchev–Trinajstić information content (AvgIpc) is 2.33. The molecule has 0 radical (unpaired) electrons. The summed E-state index contributed by atoms with van der Waals surface area (Å²) in [5.41, 5.74) is 4.80. The maximum Gasteiger partial charge on any atom is 0.328 e. The first-order valence-electron chi connectivity index (χ1n) is 3.72. The Labute approximate surface area is 75.2 Å². The lowest BCUT2D eigenvalue weighted by Crippen LogP contribution is -2.46. The number of carbonyl (C=O) groups is 1. The number of aliphatic hydroxyl groups excluding tert-OH is 1. The van der Waals surface area contributed by atoms with E-state index in [2.05, 4.69) is 8.93 Å². The van der Waals surface area contributed by atoms with Crippen molar-refractivity contribution in [3.05, 3.63) is 0 Å². The largest absolute Gasteiger partial charge is 0.443 e. The van der Waals surface area contributed by atoms with E-state index in [1.54, 1.807) is 0 Å². The van der Waals surface area contributed by atoms with E-state index >= 15 is 0 Å². The molecule has 4 unspecified atom stereocenters. The van der Waals surface area contributed by atoms with Crippen molar-refractivity contribution in [2.45, 2.75) is 30.9 Å². The van der Waals surface area contributed by atoms with E-state index in [1.165, 1.54) is 0 Å². The Balaban J connectivity index is 2.54. The van der Waals surface area contributed by atoms with Gasteiger partial charge in [-0.3, -0.25) is 0 Å². The predicted molar refractivity (Wildman–Crippen MR) is 50.9 cm³/mol. The second-order valence-electron chi connectivity index (χ2n) is 3.06. The van der Waals surface area contributed by atoms with E-state index < -0.39 is 17.6 Å². The Hall–Kier alpha value is 0.250. The second kappa shape index (κ2) is 3.97. The molecule has 1 fully saturated rings. The van der Waals surface area contributed by atoms with Gasteiger partial charge in [-0.15, -0.1) is 0 Å². The second-order valence-corrected chi connectivity index (χ2v) is 4.21. The fourth-order valence-corrected chi connectivity index (χ4v) is 2.02. The number of hydrogen-bond acceptors (Lipinski definition) is 4. The van der Waals surface area contributed by atoms with Gasteiger partial charge >= 0.3 is 5.97 Å². The monoisotopic (exact) mass is 209 g/mol. The molecular weight excluding hydrogens is 196 g/mol. The van der Waals surface area contributed by atoms with Crippen molar-refractivity contribution in [1.82, 2.24) is 0 Å². The number of hydrogen-bond donors (Lipinski definition) is 2. The SMILES string of the molecule is NC1(C(=O)OPP)CCC(O)C1. The molecule has 1 rings (SSSR count). The number of rotatable bonds is 2. The molecule has 1 aliphatic carbocycles. The Morgan fingerprint density at radius 3 is 2.92 bits per heavy atom. The van der Waals surface area contributed by atoms with Crippen molar-refractivity contribution in [1.29, 1.82) is 0 Å². The van der Waals surface area contributed by atoms with Crippen molar-refractivity contribution in [3.8, 4) is 0 Å². The van der Waals surface area contributed by atoms with E-state index in [0.29, 0.717) is 19.3 Å². The first-order chi connectivity index (χ1) is 5.58. The van der Waals surface area contributed by atoms with E-state index in [1.807, 2.05) is 0 Å². The fourth-order valence-electron chi connectivity index (χ4n) is 1.39. The smallest absolute Gasteiger partial charge is 0.328 e. The zero-order valence-corrected chi connectivity index (χ0v) is 8.77. The lowest BCUT2D eigenvalue weighted by molar-refractivity contribution is -0.139. The summed E-state index contributed by atoms with van der Waals surface area (Å²) in [6.07, 6.45) is 0.977. The third kappa shape index (κ3) is 2.14. The molecule has 0 heterocycles.